The Morgan fingerprint density at radius 3 is 3.00 bits per heavy atom. The van der Waals surface area contributed by atoms with E-state index in [-0.39, 0.29) is 12.5 Å². The Hall–Kier alpha value is -1.73. The molecule has 0 spiro atoms. The second kappa shape index (κ2) is 7.33. The van der Waals surface area contributed by atoms with Crippen LogP contribution >= 0.6 is 24.0 Å². The second-order valence-electron chi connectivity index (χ2n) is 4.24. The van der Waals surface area contributed by atoms with E-state index in [4.69, 9.17) is 17.0 Å². The second-order valence-corrected chi connectivity index (χ2v) is 5.92. The average molecular weight is 322 g/mol. The molecule has 110 valence electrons. The van der Waals surface area contributed by atoms with Crippen LogP contribution in [0, 0.1) is 0 Å². The molecular formula is C14H14N2O3S2. The van der Waals surface area contributed by atoms with Gasteiger partial charge < -0.3 is 4.74 Å². The summed E-state index contributed by atoms with van der Waals surface area (Å²) in [6, 6.07) is 5.43. The molecule has 2 rings (SSSR count). The molecule has 1 aliphatic rings. The Morgan fingerprint density at radius 1 is 1.52 bits per heavy atom. The zero-order valence-corrected chi connectivity index (χ0v) is 13.1. The van der Waals surface area contributed by atoms with E-state index in [1.807, 2.05) is 13.0 Å². The van der Waals surface area contributed by atoms with Gasteiger partial charge in [-0.3, -0.25) is 19.5 Å². The third-order valence-electron chi connectivity index (χ3n) is 2.59. The van der Waals surface area contributed by atoms with E-state index in [9.17, 15) is 9.59 Å². The molecule has 0 radical (unpaired) electrons. The first-order valence-corrected chi connectivity index (χ1v) is 7.66. The Bertz CT molecular complexity index is 587. The number of hydrogen-bond acceptors (Lipinski definition) is 6. The number of thioether (sulfide) groups is 1. The van der Waals surface area contributed by atoms with Crippen LogP contribution in [-0.4, -0.2) is 39.2 Å². The summed E-state index contributed by atoms with van der Waals surface area (Å²) < 4.78 is 5.33. The molecular weight excluding hydrogens is 308 g/mol. The number of carbonyl (C=O) groups excluding carboxylic acids is 2. The quantitative estimate of drug-likeness (QED) is 0.471. The number of hydrogen-bond donors (Lipinski definition) is 0. The van der Waals surface area contributed by atoms with E-state index in [1.54, 1.807) is 24.4 Å². The maximum absolute atomic E-state index is 12.2. The zero-order valence-electron chi connectivity index (χ0n) is 11.4. The first-order valence-electron chi connectivity index (χ1n) is 6.44. The molecule has 1 aromatic rings. The summed E-state index contributed by atoms with van der Waals surface area (Å²) in [6.07, 6.45) is 4.05. The Balaban J connectivity index is 2.06. The third-order valence-corrected chi connectivity index (χ3v) is 3.97. The highest BCUT2D eigenvalue weighted by molar-refractivity contribution is 8.26. The van der Waals surface area contributed by atoms with Crippen LogP contribution < -0.4 is 0 Å². The van der Waals surface area contributed by atoms with Gasteiger partial charge in [0.15, 0.2) is 0 Å². The fourth-order valence-corrected chi connectivity index (χ4v) is 2.86. The lowest BCUT2D eigenvalue weighted by atomic mass is 10.3. The molecule has 2 heterocycles. The van der Waals surface area contributed by atoms with Crippen LogP contribution in [0.3, 0.4) is 0 Å². The highest BCUT2D eigenvalue weighted by Crippen LogP contribution is 2.32. The van der Waals surface area contributed by atoms with Gasteiger partial charge in [-0.1, -0.05) is 37.0 Å². The molecule has 0 bridgehead atoms. The van der Waals surface area contributed by atoms with Gasteiger partial charge in [0.25, 0.3) is 5.91 Å². The number of pyridine rings is 1. The van der Waals surface area contributed by atoms with Gasteiger partial charge in [0.05, 0.1) is 17.2 Å². The van der Waals surface area contributed by atoms with Gasteiger partial charge in [-0.15, -0.1) is 0 Å². The van der Waals surface area contributed by atoms with Gasteiger partial charge in [0, 0.05) is 6.20 Å². The maximum Gasteiger partial charge on any atom is 0.326 e. The number of rotatable bonds is 5. The van der Waals surface area contributed by atoms with E-state index in [0.29, 0.717) is 21.5 Å². The van der Waals surface area contributed by atoms with Crippen LogP contribution in [0.1, 0.15) is 19.0 Å². The van der Waals surface area contributed by atoms with Crippen LogP contribution in [0.5, 0.6) is 0 Å². The number of carbonyl (C=O) groups is 2. The molecule has 1 amide bonds. The van der Waals surface area contributed by atoms with E-state index in [1.165, 1.54) is 4.90 Å². The van der Waals surface area contributed by atoms with E-state index in [0.717, 1.165) is 18.2 Å². The monoisotopic (exact) mass is 322 g/mol. The van der Waals surface area contributed by atoms with E-state index >= 15 is 0 Å². The number of nitrogens with zero attached hydrogens (tertiary/aromatic N) is 2. The molecule has 0 unspecified atom stereocenters. The van der Waals surface area contributed by atoms with Crippen molar-refractivity contribution in [3.63, 3.8) is 0 Å². The van der Waals surface area contributed by atoms with Crippen molar-refractivity contribution < 1.29 is 14.3 Å². The van der Waals surface area contributed by atoms with Crippen molar-refractivity contribution in [2.45, 2.75) is 13.3 Å². The molecule has 0 aliphatic carbocycles. The molecule has 21 heavy (non-hydrogen) atoms. The summed E-state index contributed by atoms with van der Waals surface area (Å²) in [6.45, 7) is 2.10. The lowest BCUT2D eigenvalue weighted by Crippen LogP contribution is -2.34. The Morgan fingerprint density at radius 2 is 2.33 bits per heavy atom. The predicted octanol–water partition coefficient (Wildman–Crippen LogP) is 2.24. The Labute approximate surface area is 132 Å². The summed E-state index contributed by atoms with van der Waals surface area (Å²) in [5.74, 6) is -0.740. The molecule has 5 nitrogen and oxygen atoms in total. The van der Waals surface area contributed by atoms with Gasteiger partial charge >= 0.3 is 5.97 Å². The SMILES string of the molecule is CCCOC(=O)CN1C(=O)C(=Cc2ccccn2)SC1=S. The molecule has 1 fully saturated rings. The van der Waals surface area contributed by atoms with Crippen molar-refractivity contribution >= 4 is 46.3 Å². The topological polar surface area (TPSA) is 59.5 Å². The standard InChI is InChI=1S/C14H14N2O3S2/c1-2-7-19-12(17)9-16-13(18)11(21-14(16)20)8-10-5-3-4-6-15-10/h3-6,8H,2,7,9H2,1H3. The number of amides is 1. The van der Waals surface area contributed by atoms with Gasteiger partial charge in [-0.2, -0.15) is 0 Å². The van der Waals surface area contributed by atoms with Gasteiger partial charge in [0.1, 0.15) is 10.9 Å². The van der Waals surface area contributed by atoms with Crippen LogP contribution in [-0.2, 0) is 14.3 Å². The smallest absolute Gasteiger partial charge is 0.326 e. The highest BCUT2D eigenvalue weighted by Gasteiger charge is 2.33. The molecule has 1 aromatic heterocycles. The summed E-state index contributed by atoms with van der Waals surface area (Å²) in [5.41, 5.74) is 0.673. The number of esters is 1. The van der Waals surface area contributed by atoms with Crippen LogP contribution in [0.2, 0.25) is 0 Å². The van der Waals surface area contributed by atoms with Crippen LogP contribution in [0.4, 0.5) is 0 Å². The number of aromatic nitrogens is 1. The number of thiocarbonyl (C=S) groups is 1. The van der Waals surface area contributed by atoms with E-state index in [2.05, 4.69) is 4.98 Å². The summed E-state index contributed by atoms with van der Waals surface area (Å²) in [7, 11) is 0. The van der Waals surface area contributed by atoms with Crippen molar-refractivity contribution in [3.8, 4) is 0 Å². The van der Waals surface area contributed by atoms with Gasteiger partial charge in [-0.25, -0.2) is 0 Å². The van der Waals surface area contributed by atoms with Gasteiger partial charge in [0.2, 0.25) is 0 Å². The first-order chi connectivity index (χ1) is 10.1. The minimum Gasteiger partial charge on any atom is -0.464 e. The molecule has 0 atom stereocenters. The third kappa shape index (κ3) is 4.12. The van der Waals surface area contributed by atoms with Crippen molar-refractivity contribution in [3.05, 3.63) is 35.0 Å². The Kier molecular flexibility index (Phi) is 5.46. The van der Waals surface area contributed by atoms with Crippen molar-refractivity contribution in [1.82, 2.24) is 9.88 Å². The minimum absolute atomic E-state index is 0.149. The van der Waals surface area contributed by atoms with Crippen LogP contribution in [0.25, 0.3) is 6.08 Å². The molecule has 1 saturated heterocycles. The fraction of sp³-hybridized carbons (Fsp3) is 0.286. The van der Waals surface area contributed by atoms with E-state index < -0.39 is 5.97 Å². The van der Waals surface area contributed by atoms with Gasteiger partial charge in [-0.05, 0) is 24.6 Å². The molecule has 1 aliphatic heterocycles. The van der Waals surface area contributed by atoms with Crippen LogP contribution in [0.15, 0.2) is 29.3 Å². The van der Waals surface area contributed by atoms with Crippen molar-refractivity contribution in [2.75, 3.05) is 13.2 Å². The fourth-order valence-electron chi connectivity index (χ4n) is 1.62. The highest BCUT2D eigenvalue weighted by atomic mass is 32.2. The summed E-state index contributed by atoms with van der Waals surface area (Å²) in [4.78, 5) is 29.7. The predicted molar refractivity (Wildman–Crippen MR) is 85.4 cm³/mol. The lowest BCUT2D eigenvalue weighted by molar-refractivity contribution is -0.146. The lowest BCUT2D eigenvalue weighted by Gasteiger charge is -2.13. The first kappa shape index (κ1) is 15.7. The maximum atomic E-state index is 12.2. The molecule has 0 N–H and O–H groups in total. The average Bonchev–Trinajstić information content (AvgIpc) is 2.74. The summed E-state index contributed by atoms with van der Waals surface area (Å²) >= 11 is 6.30. The summed E-state index contributed by atoms with van der Waals surface area (Å²) in [5, 5.41) is 0. The largest absolute Gasteiger partial charge is 0.464 e. The molecule has 0 saturated carbocycles. The minimum atomic E-state index is -0.452. The van der Waals surface area contributed by atoms with Crippen molar-refractivity contribution in [1.29, 1.82) is 0 Å². The normalized spacial score (nSPS) is 16.6. The molecule has 0 aromatic carbocycles. The zero-order chi connectivity index (χ0) is 15.2. The van der Waals surface area contributed by atoms with Crippen molar-refractivity contribution in [2.24, 2.45) is 0 Å². The molecule has 7 heteroatoms. The number of ether oxygens (including phenoxy) is 1.